The van der Waals surface area contributed by atoms with Crippen LogP contribution in [0, 0.1) is 6.26 Å². The van der Waals surface area contributed by atoms with Crippen LogP contribution in [-0.2, 0) is 0 Å². The maximum atomic E-state index is 8.40. The number of hydrogen-bond acceptors (Lipinski definition) is 1. The highest BCUT2D eigenvalue weighted by Crippen LogP contribution is 2.14. The van der Waals surface area contributed by atoms with Gasteiger partial charge in [0.15, 0.2) is 6.26 Å². The Hall–Kier alpha value is -0.460. The van der Waals surface area contributed by atoms with Crippen molar-refractivity contribution < 1.29 is 5.11 Å². The molecular formula is C22H43O. The molecule has 0 saturated heterocycles. The van der Waals surface area contributed by atoms with Gasteiger partial charge in [-0.15, -0.1) is 0 Å². The molecule has 1 radical (unpaired) electrons. The predicted octanol–water partition coefficient (Wildman–Crippen LogP) is 8.29. The summed E-state index contributed by atoms with van der Waals surface area (Å²) in [4.78, 5) is 0. The first-order chi connectivity index (χ1) is 11.4. The molecule has 0 bridgehead atoms. The summed E-state index contributed by atoms with van der Waals surface area (Å²) in [5.74, 6) is 0. The summed E-state index contributed by atoms with van der Waals surface area (Å²) in [6.45, 7) is 2.29. The van der Waals surface area contributed by atoms with Gasteiger partial charge in [0.2, 0.25) is 0 Å². The van der Waals surface area contributed by atoms with Crippen LogP contribution in [0.2, 0.25) is 0 Å². The molecule has 0 saturated carbocycles. The van der Waals surface area contributed by atoms with Gasteiger partial charge in [-0.2, -0.15) is 0 Å². The highest BCUT2D eigenvalue weighted by molar-refractivity contribution is 4.65. The molecule has 0 aliphatic rings. The molecule has 23 heavy (non-hydrogen) atoms. The zero-order valence-corrected chi connectivity index (χ0v) is 16.0. The van der Waals surface area contributed by atoms with Gasteiger partial charge in [0.25, 0.3) is 0 Å². The van der Waals surface area contributed by atoms with Crippen molar-refractivity contribution in [2.75, 3.05) is 0 Å². The number of allylic oxidation sites excluding steroid dienone is 1. The van der Waals surface area contributed by atoms with Gasteiger partial charge in [-0.1, -0.05) is 116 Å². The van der Waals surface area contributed by atoms with E-state index in [2.05, 4.69) is 13.2 Å². The topological polar surface area (TPSA) is 20.2 Å². The first kappa shape index (κ1) is 22.5. The monoisotopic (exact) mass is 323 g/mol. The summed E-state index contributed by atoms with van der Waals surface area (Å²) in [6, 6.07) is 0. The van der Waals surface area contributed by atoms with Crippen LogP contribution in [0.15, 0.2) is 6.08 Å². The average Bonchev–Trinajstić information content (AvgIpc) is 2.57. The first-order valence-electron chi connectivity index (χ1n) is 10.6. The molecule has 0 aromatic rings. The van der Waals surface area contributed by atoms with Gasteiger partial charge in [0.05, 0.1) is 0 Å². The van der Waals surface area contributed by atoms with Crippen molar-refractivity contribution in [3.05, 3.63) is 12.3 Å². The number of aliphatic hydroxyl groups is 1. The standard InChI is InChI=1S/C22H43O/c1-2-3-4-5-6-7-8-9-10-11-12-13-14-15-16-17-18-19-20-21-22-23/h21,23H,2-20H2,1H3. The third kappa shape index (κ3) is 21.5. The van der Waals surface area contributed by atoms with Crippen LogP contribution < -0.4 is 0 Å². The lowest BCUT2D eigenvalue weighted by Gasteiger charge is -2.03. The maximum absolute atomic E-state index is 8.40. The summed E-state index contributed by atoms with van der Waals surface area (Å²) in [7, 11) is 0. The normalized spacial score (nSPS) is 11.5. The van der Waals surface area contributed by atoms with E-state index in [0.29, 0.717) is 0 Å². The molecule has 0 aromatic heterocycles. The maximum Gasteiger partial charge on any atom is 0.152 e. The van der Waals surface area contributed by atoms with Gasteiger partial charge < -0.3 is 5.11 Å². The van der Waals surface area contributed by atoms with Crippen LogP contribution in [0.5, 0.6) is 0 Å². The number of hydrogen-bond donors (Lipinski definition) is 1. The average molecular weight is 324 g/mol. The summed E-state index contributed by atoms with van der Waals surface area (Å²) >= 11 is 0. The number of aliphatic hydroxyl groups excluding tert-OH is 1. The highest BCUT2D eigenvalue weighted by Gasteiger charge is 1.94. The van der Waals surface area contributed by atoms with Crippen molar-refractivity contribution in [3.8, 4) is 0 Å². The molecule has 0 amide bonds. The van der Waals surface area contributed by atoms with Gasteiger partial charge in [-0.05, 0) is 18.9 Å². The zero-order valence-electron chi connectivity index (χ0n) is 16.0. The fourth-order valence-electron chi connectivity index (χ4n) is 3.21. The second-order valence-electron chi connectivity index (χ2n) is 7.13. The fraction of sp³-hybridized carbons (Fsp3) is 0.909. The minimum absolute atomic E-state index is 0.981. The Morgan fingerprint density at radius 2 is 0.826 bits per heavy atom. The van der Waals surface area contributed by atoms with Crippen molar-refractivity contribution in [1.82, 2.24) is 0 Å². The molecule has 0 spiro atoms. The van der Waals surface area contributed by atoms with Gasteiger partial charge in [0.1, 0.15) is 0 Å². The SMILES string of the molecule is CCCCCCCCCCCCCCCCCCCC/C=[C]\O. The number of unbranched alkanes of at least 4 members (excludes halogenated alkanes) is 18. The zero-order chi connectivity index (χ0) is 16.8. The van der Waals surface area contributed by atoms with Gasteiger partial charge >= 0.3 is 0 Å². The van der Waals surface area contributed by atoms with Crippen LogP contribution in [0.1, 0.15) is 129 Å². The lowest BCUT2D eigenvalue weighted by molar-refractivity contribution is 0.438. The molecule has 1 heteroatoms. The molecule has 1 N–H and O–H groups in total. The summed E-state index contributed by atoms with van der Waals surface area (Å²) in [5, 5.41) is 8.40. The molecule has 0 aliphatic carbocycles. The van der Waals surface area contributed by atoms with Gasteiger partial charge in [0, 0.05) is 0 Å². The van der Waals surface area contributed by atoms with E-state index in [-0.39, 0.29) is 0 Å². The molecule has 0 heterocycles. The van der Waals surface area contributed by atoms with E-state index >= 15 is 0 Å². The Kier molecular flexibility index (Phi) is 21.1. The molecule has 1 nitrogen and oxygen atoms in total. The lowest BCUT2D eigenvalue weighted by atomic mass is 10.0. The van der Waals surface area contributed by atoms with Gasteiger partial charge in [-0.3, -0.25) is 0 Å². The van der Waals surface area contributed by atoms with E-state index in [0.717, 1.165) is 6.42 Å². The van der Waals surface area contributed by atoms with Crippen molar-refractivity contribution >= 4 is 0 Å². The second-order valence-corrected chi connectivity index (χ2v) is 7.13. The molecule has 0 atom stereocenters. The summed E-state index contributed by atoms with van der Waals surface area (Å²) in [5.41, 5.74) is 0. The first-order valence-corrected chi connectivity index (χ1v) is 10.6. The van der Waals surface area contributed by atoms with Crippen LogP contribution in [0.3, 0.4) is 0 Å². The lowest BCUT2D eigenvalue weighted by Crippen LogP contribution is -1.84. The van der Waals surface area contributed by atoms with E-state index in [1.807, 2.05) is 0 Å². The molecule has 137 valence electrons. The third-order valence-corrected chi connectivity index (χ3v) is 4.79. The molecule has 0 rings (SSSR count). The number of rotatable bonds is 19. The molecule has 0 aliphatic heterocycles. The van der Waals surface area contributed by atoms with Crippen molar-refractivity contribution in [3.63, 3.8) is 0 Å². The fourth-order valence-corrected chi connectivity index (χ4v) is 3.21. The van der Waals surface area contributed by atoms with E-state index in [1.165, 1.54) is 116 Å². The van der Waals surface area contributed by atoms with Crippen LogP contribution in [0.25, 0.3) is 0 Å². The van der Waals surface area contributed by atoms with Crippen molar-refractivity contribution in [2.45, 2.75) is 129 Å². The predicted molar refractivity (Wildman–Crippen MR) is 104 cm³/mol. The Bertz CT molecular complexity index is 222. The molecular weight excluding hydrogens is 280 g/mol. The van der Waals surface area contributed by atoms with Crippen LogP contribution in [-0.4, -0.2) is 5.11 Å². The van der Waals surface area contributed by atoms with Crippen LogP contribution in [0.4, 0.5) is 0 Å². The highest BCUT2D eigenvalue weighted by atomic mass is 16.2. The van der Waals surface area contributed by atoms with E-state index in [9.17, 15) is 0 Å². The Morgan fingerprint density at radius 3 is 1.13 bits per heavy atom. The van der Waals surface area contributed by atoms with Gasteiger partial charge in [-0.25, -0.2) is 0 Å². The summed E-state index contributed by atoms with van der Waals surface area (Å²) < 4.78 is 0. The Balaban J connectivity index is 2.95. The van der Waals surface area contributed by atoms with E-state index in [1.54, 1.807) is 6.08 Å². The Labute approximate surface area is 147 Å². The van der Waals surface area contributed by atoms with Crippen LogP contribution >= 0.6 is 0 Å². The summed E-state index contributed by atoms with van der Waals surface area (Å²) in [6.07, 6.45) is 30.3. The Morgan fingerprint density at radius 1 is 0.522 bits per heavy atom. The smallest absolute Gasteiger partial charge is 0.152 e. The van der Waals surface area contributed by atoms with Crippen molar-refractivity contribution in [2.24, 2.45) is 0 Å². The molecule has 0 fully saturated rings. The third-order valence-electron chi connectivity index (χ3n) is 4.79. The second kappa shape index (κ2) is 21.5. The van der Waals surface area contributed by atoms with E-state index in [4.69, 9.17) is 5.11 Å². The van der Waals surface area contributed by atoms with E-state index < -0.39 is 0 Å². The molecule has 0 aromatic carbocycles. The minimum Gasteiger partial charge on any atom is -0.504 e. The largest absolute Gasteiger partial charge is 0.504 e. The molecule has 0 unspecified atom stereocenters. The minimum atomic E-state index is 0.981. The van der Waals surface area contributed by atoms with Crippen molar-refractivity contribution in [1.29, 1.82) is 0 Å². The quantitative estimate of drug-likeness (QED) is 0.187.